The summed E-state index contributed by atoms with van der Waals surface area (Å²) in [6, 6.07) is 18.3. The Morgan fingerprint density at radius 1 is 1.08 bits per heavy atom. The third kappa shape index (κ3) is 4.19. The largest absolute Gasteiger partial charge is 0.346 e. The van der Waals surface area contributed by atoms with Gasteiger partial charge in [-0.2, -0.15) is 5.26 Å². The number of rotatable bonds is 5. The van der Waals surface area contributed by atoms with Gasteiger partial charge in [0.05, 0.1) is 11.6 Å². The van der Waals surface area contributed by atoms with Crippen LogP contribution in [0.15, 0.2) is 60.7 Å². The molecule has 0 unspecified atom stereocenters. The topological polar surface area (TPSA) is 90.7 Å². The van der Waals surface area contributed by atoms with Crippen molar-refractivity contribution >= 4 is 17.4 Å². The first-order valence-corrected chi connectivity index (χ1v) is 7.78. The number of halogens is 1. The molecule has 3 rings (SSSR count). The summed E-state index contributed by atoms with van der Waals surface area (Å²) in [7, 11) is 0. The van der Waals surface area contributed by atoms with Gasteiger partial charge in [-0.3, -0.25) is 4.79 Å². The average Bonchev–Trinajstić information content (AvgIpc) is 2.68. The maximum atomic E-state index is 13.5. The second kappa shape index (κ2) is 7.85. The molecule has 3 aromatic rings. The van der Waals surface area contributed by atoms with Crippen molar-refractivity contribution in [3.8, 4) is 6.07 Å². The predicted molar refractivity (Wildman–Crippen MR) is 94.0 cm³/mol. The monoisotopic (exact) mass is 347 g/mol. The van der Waals surface area contributed by atoms with E-state index in [1.54, 1.807) is 48.5 Å². The molecule has 26 heavy (non-hydrogen) atoms. The van der Waals surface area contributed by atoms with Gasteiger partial charge in [-0.15, -0.1) is 10.2 Å². The Morgan fingerprint density at radius 2 is 1.92 bits per heavy atom. The molecule has 2 aromatic carbocycles. The molecule has 7 heteroatoms. The zero-order valence-electron chi connectivity index (χ0n) is 13.6. The minimum Gasteiger partial charge on any atom is -0.346 e. The molecule has 0 saturated carbocycles. The van der Waals surface area contributed by atoms with Gasteiger partial charge < -0.3 is 10.6 Å². The van der Waals surface area contributed by atoms with E-state index in [-0.39, 0.29) is 18.1 Å². The van der Waals surface area contributed by atoms with E-state index in [9.17, 15) is 9.18 Å². The van der Waals surface area contributed by atoms with E-state index in [0.29, 0.717) is 22.6 Å². The quantitative estimate of drug-likeness (QED) is 0.740. The zero-order chi connectivity index (χ0) is 18.4. The first-order valence-electron chi connectivity index (χ1n) is 7.78. The number of nitrogens with one attached hydrogen (secondary N) is 2. The third-order valence-electron chi connectivity index (χ3n) is 3.56. The first kappa shape index (κ1) is 17.0. The molecule has 2 N–H and O–H groups in total. The molecular formula is C19H14FN5O. The van der Waals surface area contributed by atoms with E-state index in [1.165, 1.54) is 12.1 Å². The van der Waals surface area contributed by atoms with Crippen LogP contribution in [0.2, 0.25) is 0 Å². The van der Waals surface area contributed by atoms with Gasteiger partial charge in [0.1, 0.15) is 5.82 Å². The summed E-state index contributed by atoms with van der Waals surface area (Å²) in [5.74, 6) is -0.387. The summed E-state index contributed by atoms with van der Waals surface area (Å²) < 4.78 is 13.5. The number of carbonyl (C=O) groups excluding carboxylic acids is 1. The van der Waals surface area contributed by atoms with E-state index in [2.05, 4.69) is 26.9 Å². The molecule has 0 spiro atoms. The number of anilines is 2. The second-order valence-electron chi connectivity index (χ2n) is 5.40. The fourth-order valence-electron chi connectivity index (χ4n) is 2.24. The minimum atomic E-state index is -0.446. The summed E-state index contributed by atoms with van der Waals surface area (Å²) in [5.41, 5.74) is 1.73. The van der Waals surface area contributed by atoms with E-state index in [0.717, 1.165) is 0 Å². The lowest BCUT2D eigenvalue weighted by atomic mass is 10.2. The molecule has 128 valence electrons. The van der Waals surface area contributed by atoms with Crippen LogP contribution in [0.3, 0.4) is 0 Å². The number of nitrogens with zero attached hydrogens (tertiary/aromatic N) is 3. The van der Waals surface area contributed by atoms with Crippen molar-refractivity contribution in [2.45, 2.75) is 6.54 Å². The van der Waals surface area contributed by atoms with Gasteiger partial charge >= 0.3 is 0 Å². The molecule has 0 bridgehead atoms. The van der Waals surface area contributed by atoms with Crippen molar-refractivity contribution in [2.24, 2.45) is 0 Å². The molecule has 1 heterocycles. The Morgan fingerprint density at radius 3 is 2.65 bits per heavy atom. The van der Waals surface area contributed by atoms with Gasteiger partial charge in [-0.25, -0.2) is 4.39 Å². The average molecular weight is 347 g/mol. The van der Waals surface area contributed by atoms with Crippen LogP contribution in [0.25, 0.3) is 0 Å². The SMILES string of the molecule is N#Cc1cccc(Nc2ccc(C(=O)NCc3ccccc3F)nn2)c1. The molecular weight excluding hydrogens is 333 g/mol. The third-order valence-corrected chi connectivity index (χ3v) is 3.56. The molecule has 0 aliphatic heterocycles. The zero-order valence-corrected chi connectivity index (χ0v) is 13.6. The summed E-state index contributed by atoms with van der Waals surface area (Å²) >= 11 is 0. The van der Waals surface area contributed by atoms with Crippen LogP contribution in [0, 0.1) is 17.1 Å². The van der Waals surface area contributed by atoms with Gasteiger partial charge in [0, 0.05) is 17.8 Å². The second-order valence-corrected chi connectivity index (χ2v) is 5.40. The molecule has 0 atom stereocenters. The van der Waals surface area contributed by atoms with Crippen LogP contribution in [-0.4, -0.2) is 16.1 Å². The van der Waals surface area contributed by atoms with Crippen molar-refractivity contribution < 1.29 is 9.18 Å². The van der Waals surface area contributed by atoms with E-state index < -0.39 is 5.91 Å². The Balaban J connectivity index is 1.62. The summed E-state index contributed by atoms with van der Waals surface area (Å²) in [6.45, 7) is 0.0636. The highest BCUT2D eigenvalue weighted by molar-refractivity contribution is 5.92. The van der Waals surface area contributed by atoms with Crippen molar-refractivity contribution in [3.05, 3.63) is 83.3 Å². The number of hydrogen-bond acceptors (Lipinski definition) is 5. The lowest BCUT2D eigenvalue weighted by Crippen LogP contribution is -2.24. The van der Waals surface area contributed by atoms with Crippen LogP contribution in [-0.2, 0) is 6.54 Å². The van der Waals surface area contributed by atoms with Crippen LogP contribution in [0.5, 0.6) is 0 Å². The van der Waals surface area contributed by atoms with Crippen LogP contribution in [0.4, 0.5) is 15.9 Å². The molecule has 0 aliphatic rings. The Labute approximate surface area is 149 Å². The number of benzene rings is 2. The predicted octanol–water partition coefficient (Wildman–Crippen LogP) is 3.16. The fraction of sp³-hybridized carbons (Fsp3) is 0.0526. The fourth-order valence-corrected chi connectivity index (χ4v) is 2.24. The minimum absolute atomic E-state index is 0.0636. The Bertz CT molecular complexity index is 966. The Kier molecular flexibility index (Phi) is 5.15. The maximum Gasteiger partial charge on any atom is 0.272 e. The molecule has 6 nitrogen and oxygen atoms in total. The van der Waals surface area contributed by atoms with Crippen molar-refractivity contribution in [1.82, 2.24) is 15.5 Å². The molecule has 0 aliphatic carbocycles. The van der Waals surface area contributed by atoms with Crippen LogP contribution in [0.1, 0.15) is 21.6 Å². The molecule has 1 aromatic heterocycles. The van der Waals surface area contributed by atoms with Gasteiger partial charge in [-0.05, 0) is 36.4 Å². The first-order chi connectivity index (χ1) is 12.7. The Hall–Kier alpha value is -3.79. The van der Waals surface area contributed by atoms with Crippen LogP contribution >= 0.6 is 0 Å². The van der Waals surface area contributed by atoms with E-state index in [1.807, 2.05) is 0 Å². The van der Waals surface area contributed by atoms with Gasteiger partial charge in [0.25, 0.3) is 5.91 Å². The number of aromatic nitrogens is 2. The van der Waals surface area contributed by atoms with Gasteiger partial charge in [-0.1, -0.05) is 24.3 Å². The highest BCUT2D eigenvalue weighted by atomic mass is 19.1. The van der Waals surface area contributed by atoms with Gasteiger partial charge in [0.15, 0.2) is 11.5 Å². The van der Waals surface area contributed by atoms with E-state index in [4.69, 9.17) is 5.26 Å². The molecule has 1 amide bonds. The number of hydrogen-bond donors (Lipinski definition) is 2. The molecule has 0 fully saturated rings. The summed E-state index contributed by atoms with van der Waals surface area (Å²) in [6.07, 6.45) is 0. The lowest BCUT2D eigenvalue weighted by molar-refractivity contribution is 0.0944. The number of nitriles is 1. The summed E-state index contributed by atoms with van der Waals surface area (Å²) in [4.78, 5) is 12.1. The molecule has 0 saturated heterocycles. The van der Waals surface area contributed by atoms with Crippen molar-refractivity contribution in [1.29, 1.82) is 5.26 Å². The standard InChI is InChI=1S/C19H14FN5O/c20-16-7-2-1-5-14(16)12-22-19(26)17-8-9-18(25-24-17)23-15-6-3-4-13(10-15)11-21/h1-10H,12H2,(H,22,26)(H,23,25). The maximum absolute atomic E-state index is 13.5. The van der Waals surface area contributed by atoms with Crippen LogP contribution < -0.4 is 10.6 Å². The van der Waals surface area contributed by atoms with E-state index >= 15 is 0 Å². The normalized spacial score (nSPS) is 10.0. The van der Waals surface area contributed by atoms with Crippen molar-refractivity contribution in [3.63, 3.8) is 0 Å². The highest BCUT2D eigenvalue weighted by Crippen LogP contribution is 2.15. The lowest BCUT2D eigenvalue weighted by Gasteiger charge is -2.07. The molecule has 0 radical (unpaired) electrons. The number of carbonyl (C=O) groups is 1. The number of amides is 1. The smallest absolute Gasteiger partial charge is 0.272 e. The van der Waals surface area contributed by atoms with Crippen molar-refractivity contribution in [2.75, 3.05) is 5.32 Å². The van der Waals surface area contributed by atoms with Gasteiger partial charge in [0.2, 0.25) is 0 Å². The highest BCUT2D eigenvalue weighted by Gasteiger charge is 2.09. The summed E-state index contributed by atoms with van der Waals surface area (Å²) in [5, 5.41) is 22.3.